The molecule has 0 saturated carbocycles. The fraction of sp³-hybridized carbons (Fsp3) is 0.333. The van der Waals surface area contributed by atoms with Crippen molar-refractivity contribution in [3.05, 3.63) is 212 Å². The molecule has 4 saturated heterocycles. The first-order chi connectivity index (χ1) is 57.5. The van der Waals surface area contributed by atoms with Gasteiger partial charge in [0, 0.05) is 95.2 Å². The van der Waals surface area contributed by atoms with E-state index in [0.717, 1.165) is 64.4 Å². The van der Waals surface area contributed by atoms with Crippen LogP contribution in [0.25, 0.3) is 33.2 Å². The summed E-state index contributed by atoms with van der Waals surface area (Å²) in [7, 11) is 4.20. The monoisotopic (exact) mass is 1630 g/mol. The number of ketones is 1. The Hall–Kier alpha value is -13.3. The summed E-state index contributed by atoms with van der Waals surface area (Å²) in [4.78, 5) is 154. The van der Waals surface area contributed by atoms with Gasteiger partial charge in [-0.15, -0.1) is 0 Å². The van der Waals surface area contributed by atoms with Crippen molar-refractivity contribution in [2.75, 3.05) is 112 Å². The number of furan rings is 3. The lowest BCUT2D eigenvalue weighted by Gasteiger charge is -2.34. The lowest BCUT2D eigenvalue weighted by Crippen LogP contribution is -2.52. The molecule has 0 radical (unpaired) electrons. The quantitative estimate of drug-likeness (QED) is 0.0474. The largest absolute Gasteiger partial charge is 0.497 e. The summed E-state index contributed by atoms with van der Waals surface area (Å²) in [5.41, 5.74) is -0.595. The van der Waals surface area contributed by atoms with E-state index in [0.29, 0.717) is 56.6 Å². The zero-order chi connectivity index (χ0) is 83.5. The van der Waals surface area contributed by atoms with Crippen molar-refractivity contribution < 1.29 is 103 Å². The predicted molar refractivity (Wildman–Crippen MR) is 415 cm³/mol. The number of carbonyl (C=O) groups excluding carboxylic acids is 10. The molecule has 8 aliphatic rings. The normalized spacial score (nSPS) is 20.1. The van der Waals surface area contributed by atoms with Gasteiger partial charge in [-0.3, -0.25) is 38.5 Å². The van der Waals surface area contributed by atoms with E-state index < -0.39 is 95.0 Å². The average molecular weight is 1630 g/mol. The number of carbonyl (C=O) groups is 10. The van der Waals surface area contributed by atoms with Gasteiger partial charge in [0.1, 0.15) is 60.1 Å². The minimum Gasteiger partial charge on any atom is -0.497 e. The van der Waals surface area contributed by atoms with Crippen molar-refractivity contribution in [2.24, 2.45) is 0 Å². The molecule has 32 nitrogen and oxygen atoms in total. The topological polar surface area (TPSA) is 353 Å². The number of ether oxygens (including phenoxy) is 6. The van der Waals surface area contributed by atoms with Crippen molar-refractivity contribution >= 4 is 98.3 Å². The number of pyridine rings is 2. The first kappa shape index (κ1) is 79.6. The summed E-state index contributed by atoms with van der Waals surface area (Å²) in [6.45, 7) is 9.28. The second-order valence-electron chi connectivity index (χ2n) is 29.4. The Labute approximate surface area is 676 Å². The molecule has 0 spiro atoms. The molecule has 7 aliphatic heterocycles. The van der Waals surface area contributed by atoms with E-state index in [1.807, 2.05) is 42.5 Å². The van der Waals surface area contributed by atoms with Crippen LogP contribution >= 0.6 is 0 Å². The standard InChI is InChI=1S/C32H25F2N3O7.C30H35FN6O6.C22H20N4O6/c1-42-22-10-8-19-13-36(29(39)25(19)26(22)33)15-32(23-12-20-11-18-7-9-21(38)24(18)27(34)28(20)44-23)30(40)37(31(41)35-32)16-43-14-17-5-3-2-4-6-17;1-4-34-11-13-35(14-12-34)24-10-9-21-20(32-24)15-23(43-21)30(28(39)37(18-41-5-2)29(40)33-30)17-36-16-19-7-8-22(42-6-3)26(31)25(19)27(36)38;1-30-12-26-20(28)22(24-21(26)29,18-9-16-17(32-18)4-3-7-23-16)11-25-10-13-5-6-14(31-2)8-15(13)19(25)27/h2-6,8,10-12H,7,9,13-16H2,1H3,(H,35,41);7-10,15H,4-6,11-14,16-18H2,1-3H3,(H,33,40);3-9H,10-12H2,1-2H3,(H,24,29)/t32-;30-;22-/m000/s1. The van der Waals surface area contributed by atoms with E-state index in [1.165, 1.54) is 54.2 Å². The second-order valence-corrected chi connectivity index (χ2v) is 29.4. The number of anilines is 1. The van der Waals surface area contributed by atoms with E-state index >= 15 is 13.2 Å². The van der Waals surface area contributed by atoms with Crippen LogP contribution in [0, 0.1) is 17.5 Å². The summed E-state index contributed by atoms with van der Waals surface area (Å²) < 4.78 is 95.6. The number of fused-ring (bicyclic) bond motifs is 7. The predicted octanol–water partition coefficient (Wildman–Crippen LogP) is 9.17. The number of methoxy groups -OCH3 is 3. The number of piperazine rings is 1. The Kier molecular flexibility index (Phi) is 21.4. The summed E-state index contributed by atoms with van der Waals surface area (Å²) in [6.07, 6.45) is 2.15. The second kappa shape index (κ2) is 32.0. The van der Waals surface area contributed by atoms with Crippen LogP contribution in [0.15, 0.2) is 141 Å². The Morgan fingerprint density at radius 3 is 1.65 bits per heavy atom. The fourth-order valence-corrected chi connectivity index (χ4v) is 16.3. The third-order valence-corrected chi connectivity index (χ3v) is 22.4. The van der Waals surface area contributed by atoms with Crippen LogP contribution in [-0.4, -0.2) is 211 Å². The van der Waals surface area contributed by atoms with Crippen LogP contribution < -0.4 is 35.1 Å². The number of nitrogens with zero attached hydrogens (tertiary/aromatic N) is 10. The van der Waals surface area contributed by atoms with Gasteiger partial charge in [0.15, 0.2) is 68.1 Å². The van der Waals surface area contributed by atoms with E-state index in [4.69, 9.17) is 46.7 Å². The van der Waals surface area contributed by atoms with Gasteiger partial charge in [-0.1, -0.05) is 55.5 Å². The van der Waals surface area contributed by atoms with Crippen molar-refractivity contribution in [2.45, 2.75) is 76.5 Å². The van der Waals surface area contributed by atoms with Gasteiger partial charge in [0.25, 0.3) is 35.4 Å². The number of Topliss-reactive ketones (excluding diaryl/α,β-unsaturated/α-hetero) is 1. The van der Waals surface area contributed by atoms with Crippen molar-refractivity contribution in [3.8, 4) is 17.2 Å². The Bertz CT molecular complexity index is 5780. The number of urea groups is 3. The molecule has 0 bridgehead atoms. The minimum absolute atomic E-state index is 0.0189. The third-order valence-electron chi connectivity index (χ3n) is 22.4. The zero-order valence-corrected chi connectivity index (χ0v) is 65.4. The number of halogens is 3. The zero-order valence-electron chi connectivity index (χ0n) is 65.4. The number of imide groups is 3. The van der Waals surface area contributed by atoms with Crippen LogP contribution in [0.3, 0.4) is 0 Å². The molecule has 12 amide bonds. The SMILES string of the molecule is CCOCN1C(=O)N[C@@](CN2Cc3ccc(OCC)c(F)c3C2=O)(c2cc3nc(N4CCN(CC)CC4)ccc3o2)C1=O.COCN1C(=O)N[C@@](CN2Cc3ccc(OC)cc3C2=O)(c2cc3ncccc3o2)C1=O.COc1ccc2c(c1F)C(=O)N(C[C@@]1(c3cc4cc5c(c(F)c4o3)C(=O)CC5)NC(=O)N(COCc3ccccc3)C1=O)C2. The lowest BCUT2D eigenvalue weighted by atomic mass is 9.94. The van der Waals surface area contributed by atoms with Crippen molar-refractivity contribution in [1.29, 1.82) is 0 Å². The molecule has 10 aromatic rings. The Morgan fingerprint density at radius 1 is 0.496 bits per heavy atom. The number of benzene rings is 5. The van der Waals surface area contributed by atoms with Gasteiger partial charge < -0.3 is 82.1 Å². The third kappa shape index (κ3) is 14.0. The molecule has 12 heterocycles. The number of hydrogen-bond donors (Lipinski definition) is 3. The van der Waals surface area contributed by atoms with Gasteiger partial charge in [-0.05, 0) is 115 Å². The molecule has 18 rings (SSSR count). The van der Waals surface area contributed by atoms with Crippen LogP contribution in [0.2, 0.25) is 0 Å². The highest BCUT2D eigenvalue weighted by Crippen LogP contribution is 2.44. The molecule has 119 heavy (non-hydrogen) atoms. The summed E-state index contributed by atoms with van der Waals surface area (Å²) in [5, 5.41) is 8.46. The van der Waals surface area contributed by atoms with Crippen molar-refractivity contribution in [3.63, 3.8) is 0 Å². The van der Waals surface area contributed by atoms with Gasteiger partial charge in [0.2, 0.25) is 0 Å². The highest BCUT2D eigenvalue weighted by molar-refractivity contribution is 6.11. The average Bonchev–Trinajstić information content (AvgIpc) is 1.57. The number of rotatable bonds is 24. The molecule has 0 unspecified atom stereocenters. The number of aromatic nitrogens is 2. The first-order valence-corrected chi connectivity index (χ1v) is 38.4. The van der Waals surface area contributed by atoms with Gasteiger partial charge >= 0.3 is 18.1 Å². The minimum atomic E-state index is -2.01. The van der Waals surface area contributed by atoms with E-state index in [-0.39, 0.29) is 141 Å². The molecule has 4 fully saturated rings. The van der Waals surface area contributed by atoms with Gasteiger partial charge in [0.05, 0.1) is 63.8 Å². The maximum atomic E-state index is 15.6. The molecule has 5 aromatic heterocycles. The molecule has 5 aromatic carbocycles. The van der Waals surface area contributed by atoms with Crippen LogP contribution in [-0.2, 0) is 77.9 Å². The van der Waals surface area contributed by atoms with Gasteiger partial charge in [-0.2, -0.15) is 0 Å². The summed E-state index contributed by atoms with van der Waals surface area (Å²) in [5.74, 6) is -4.99. The molecule has 35 heteroatoms. The molecule has 3 N–H and O–H groups in total. The van der Waals surface area contributed by atoms with Gasteiger partial charge in [-0.25, -0.2) is 47.2 Å². The first-order valence-electron chi connectivity index (χ1n) is 38.4. The Balaban J connectivity index is 0.000000135. The van der Waals surface area contributed by atoms with Crippen LogP contribution in [0.5, 0.6) is 17.2 Å². The molecule has 616 valence electrons. The van der Waals surface area contributed by atoms with E-state index in [1.54, 1.807) is 80.7 Å². The van der Waals surface area contributed by atoms with E-state index in [9.17, 15) is 47.9 Å². The van der Waals surface area contributed by atoms with Crippen molar-refractivity contribution in [1.82, 2.24) is 60.2 Å². The highest BCUT2D eigenvalue weighted by atomic mass is 19.1. The fourth-order valence-electron chi connectivity index (χ4n) is 16.3. The summed E-state index contributed by atoms with van der Waals surface area (Å²) >= 11 is 0. The number of hydrogen-bond acceptors (Lipinski definition) is 23. The number of aryl methyl sites for hydroxylation is 1. The smallest absolute Gasteiger partial charge is 0.327 e. The molecular weight excluding hydrogens is 1550 g/mol. The molecule has 1 aliphatic carbocycles. The molecule has 3 atom stereocenters. The van der Waals surface area contributed by atoms with Crippen LogP contribution in [0.4, 0.5) is 33.4 Å². The molecular formula is C84H80F3N13O19. The highest BCUT2D eigenvalue weighted by Gasteiger charge is 2.60. The maximum absolute atomic E-state index is 15.6. The summed E-state index contributed by atoms with van der Waals surface area (Å²) in [6, 6.07) is 31.7. The number of likely N-dealkylation sites (N-methyl/N-ethyl adjacent to an activating group) is 1. The van der Waals surface area contributed by atoms with Crippen LogP contribution in [0.1, 0.15) is 114 Å². The lowest BCUT2D eigenvalue weighted by molar-refractivity contribution is -0.137. The maximum Gasteiger partial charge on any atom is 0.327 e. The number of nitrogens with one attached hydrogen (secondary N) is 3. The van der Waals surface area contributed by atoms with E-state index in [2.05, 4.69) is 37.7 Å². The number of amides is 12. The Morgan fingerprint density at radius 2 is 1.06 bits per heavy atom.